The average Bonchev–Trinajstić information content (AvgIpc) is 2.62. The van der Waals surface area contributed by atoms with Gasteiger partial charge in [-0.2, -0.15) is 0 Å². The fraction of sp³-hybridized carbons (Fsp3) is 0. The number of benzene rings is 2. The van der Waals surface area contributed by atoms with Crippen LogP contribution in [-0.4, -0.2) is 16.6 Å². The van der Waals surface area contributed by atoms with Gasteiger partial charge in [0.15, 0.2) is 11.6 Å². The minimum absolute atomic E-state index is 0.218. The molecule has 1 heterocycles. The third kappa shape index (κ3) is 3.53. The van der Waals surface area contributed by atoms with E-state index in [1.54, 1.807) is 54.6 Å². The molecule has 0 saturated heterocycles. The van der Waals surface area contributed by atoms with Gasteiger partial charge in [0.05, 0.1) is 0 Å². The molecule has 0 atom stereocenters. The molecule has 0 aliphatic heterocycles. The molecular formula is C19H11Cl2NO2. The Morgan fingerprint density at radius 2 is 1.00 bits per heavy atom. The van der Waals surface area contributed by atoms with Crippen LogP contribution in [0, 0.1) is 0 Å². The van der Waals surface area contributed by atoms with E-state index >= 15 is 0 Å². The number of nitrogens with zero attached hydrogens (tertiary/aromatic N) is 1. The topological polar surface area (TPSA) is 47.0 Å². The first-order valence-corrected chi connectivity index (χ1v) is 7.86. The Kier molecular flexibility index (Phi) is 4.74. The zero-order valence-electron chi connectivity index (χ0n) is 12.4. The van der Waals surface area contributed by atoms with Crippen molar-refractivity contribution in [3.63, 3.8) is 0 Å². The fourth-order valence-electron chi connectivity index (χ4n) is 2.22. The highest BCUT2D eigenvalue weighted by Crippen LogP contribution is 2.17. The zero-order chi connectivity index (χ0) is 17.1. The van der Waals surface area contributed by atoms with Gasteiger partial charge in [0, 0.05) is 44.7 Å². The summed E-state index contributed by atoms with van der Waals surface area (Å²) >= 11 is 11.7. The molecule has 0 fully saturated rings. The lowest BCUT2D eigenvalue weighted by Crippen LogP contribution is -2.06. The highest BCUT2D eigenvalue weighted by Gasteiger charge is 2.14. The second-order valence-electron chi connectivity index (χ2n) is 5.13. The number of pyridine rings is 1. The maximum Gasteiger partial charge on any atom is 0.194 e. The first kappa shape index (κ1) is 16.4. The summed E-state index contributed by atoms with van der Waals surface area (Å²) in [6.07, 6.45) is 2.88. The second kappa shape index (κ2) is 6.95. The number of aromatic nitrogens is 1. The third-order valence-corrected chi connectivity index (χ3v) is 3.98. The largest absolute Gasteiger partial charge is 0.289 e. The summed E-state index contributed by atoms with van der Waals surface area (Å²) in [4.78, 5) is 29.0. The summed E-state index contributed by atoms with van der Waals surface area (Å²) in [5.41, 5.74) is 1.66. The van der Waals surface area contributed by atoms with Crippen LogP contribution in [0.3, 0.4) is 0 Å². The lowest BCUT2D eigenvalue weighted by atomic mass is 10.00. The third-order valence-electron chi connectivity index (χ3n) is 3.48. The van der Waals surface area contributed by atoms with E-state index in [0.29, 0.717) is 32.3 Å². The Morgan fingerprint density at radius 3 is 1.38 bits per heavy atom. The minimum atomic E-state index is -0.218. The van der Waals surface area contributed by atoms with Crippen molar-refractivity contribution >= 4 is 34.8 Å². The standard InChI is InChI=1S/C19H11Cl2NO2/c20-16-5-1-12(2-6-16)18(23)14-9-15(11-22-10-14)19(24)13-3-7-17(21)8-4-13/h1-11H. The average molecular weight is 356 g/mol. The molecule has 118 valence electrons. The van der Waals surface area contributed by atoms with Crippen molar-refractivity contribution in [3.05, 3.63) is 99.3 Å². The summed E-state index contributed by atoms with van der Waals surface area (Å²) in [7, 11) is 0. The molecule has 0 N–H and O–H groups in total. The van der Waals surface area contributed by atoms with Gasteiger partial charge in [-0.3, -0.25) is 14.6 Å². The SMILES string of the molecule is O=C(c1ccc(Cl)cc1)c1cncc(C(=O)c2ccc(Cl)cc2)c1. The Hall–Kier alpha value is -2.49. The molecule has 0 aliphatic rings. The van der Waals surface area contributed by atoms with E-state index in [2.05, 4.69) is 4.98 Å². The summed E-state index contributed by atoms with van der Waals surface area (Å²) in [6.45, 7) is 0. The summed E-state index contributed by atoms with van der Waals surface area (Å²) in [5, 5.41) is 1.10. The molecule has 0 saturated carbocycles. The Bertz CT molecular complexity index is 831. The van der Waals surface area contributed by atoms with E-state index in [1.165, 1.54) is 12.4 Å². The Morgan fingerprint density at radius 1 is 0.625 bits per heavy atom. The van der Waals surface area contributed by atoms with Gasteiger partial charge in [0.1, 0.15) is 0 Å². The van der Waals surface area contributed by atoms with Crippen LogP contribution < -0.4 is 0 Å². The maximum absolute atomic E-state index is 12.5. The summed E-state index contributed by atoms with van der Waals surface area (Å²) in [6, 6.07) is 14.7. The molecule has 0 radical (unpaired) electrons. The van der Waals surface area contributed by atoms with Crippen molar-refractivity contribution in [1.29, 1.82) is 0 Å². The smallest absolute Gasteiger partial charge is 0.194 e. The lowest BCUT2D eigenvalue weighted by Gasteiger charge is -2.05. The van der Waals surface area contributed by atoms with Crippen LogP contribution in [0.5, 0.6) is 0 Å². The van der Waals surface area contributed by atoms with Gasteiger partial charge in [-0.05, 0) is 54.6 Å². The van der Waals surface area contributed by atoms with Crippen molar-refractivity contribution < 1.29 is 9.59 Å². The van der Waals surface area contributed by atoms with Gasteiger partial charge >= 0.3 is 0 Å². The monoisotopic (exact) mass is 355 g/mol. The van der Waals surface area contributed by atoms with Gasteiger partial charge in [0.25, 0.3) is 0 Å². The van der Waals surface area contributed by atoms with E-state index < -0.39 is 0 Å². The van der Waals surface area contributed by atoms with Crippen LogP contribution in [0.25, 0.3) is 0 Å². The van der Waals surface area contributed by atoms with E-state index in [1.807, 2.05) is 0 Å². The van der Waals surface area contributed by atoms with Gasteiger partial charge in [-0.1, -0.05) is 23.2 Å². The number of halogens is 2. The van der Waals surface area contributed by atoms with Crippen molar-refractivity contribution in [2.75, 3.05) is 0 Å². The number of rotatable bonds is 4. The fourth-order valence-corrected chi connectivity index (χ4v) is 2.48. The first-order valence-electron chi connectivity index (χ1n) is 7.10. The number of carbonyl (C=O) groups is 2. The number of hydrogen-bond acceptors (Lipinski definition) is 3. The van der Waals surface area contributed by atoms with Crippen LogP contribution in [0.4, 0.5) is 0 Å². The minimum Gasteiger partial charge on any atom is -0.289 e. The normalized spacial score (nSPS) is 10.4. The number of hydrogen-bond donors (Lipinski definition) is 0. The van der Waals surface area contributed by atoms with Crippen LogP contribution >= 0.6 is 23.2 Å². The first-order chi connectivity index (χ1) is 11.5. The lowest BCUT2D eigenvalue weighted by molar-refractivity contribution is 0.103. The zero-order valence-corrected chi connectivity index (χ0v) is 13.9. The Labute approximate surface area is 148 Å². The molecule has 0 bridgehead atoms. The maximum atomic E-state index is 12.5. The second-order valence-corrected chi connectivity index (χ2v) is 6.01. The molecule has 5 heteroatoms. The molecule has 3 aromatic rings. The molecule has 0 amide bonds. The molecule has 2 aromatic carbocycles. The molecule has 0 aliphatic carbocycles. The highest BCUT2D eigenvalue weighted by molar-refractivity contribution is 6.31. The van der Waals surface area contributed by atoms with Gasteiger partial charge < -0.3 is 0 Å². The van der Waals surface area contributed by atoms with Crippen LogP contribution in [0.1, 0.15) is 31.8 Å². The number of ketones is 2. The van der Waals surface area contributed by atoms with Crippen molar-refractivity contribution in [2.24, 2.45) is 0 Å². The quantitative estimate of drug-likeness (QED) is 0.628. The van der Waals surface area contributed by atoms with Gasteiger partial charge in [-0.15, -0.1) is 0 Å². The van der Waals surface area contributed by atoms with Crippen molar-refractivity contribution in [3.8, 4) is 0 Å². The molecule has 1 aromatic heterocycles. The highest BCUT2D eigenvalue weighted by atomic mass is 35.5. The van der Waals surface area contributed by atoms with Crippen molar-refractivity contribution in [1.82, 2.24) is 4.98 Å². The predicted molar refractivity (Wildman–Crippen MR) is 94.0 cm³/mol. The van der Waals surface area contributed by atoms with Gasteiger partial charge in [0.2, 0.25) is 0 Å². The molecular weight excluding hydrogens is 345 g/mol. The van der Waals surface area contributed by atoms with Crippen LogP contribution in [0.15, 0.2) is 67.0 Å². The molecule has 3 nitrogen and oxygen atoms in total. The van der Waals surface area contributed by atoms with Gasteiger partial charge in [-0.25, -0.2) is 0 Å². The predicted octanol–water partition coefficient (Wildman–Crippen LogP) is 4.85. The van der Waals surface area contributed by atoms with E-state index in [4.69, 9.17) is 23.2 Å². The summed E-state index contributed by atoms with van der Waals surface area (Å²) in [5.74, 6) is -0.435. The van der Waals surface area contributed by atoms with Crippen LogP contribution in [-0.2, 0) is 0 Å². The molecule has 0 unspecified atom stereocenters. The summed E-state index contributed by atoms with van der Waals surface area (Å²) < 4.78 is 0. The molecule has 0 spiro atoms. The van der Waals surface area contributed by atoms with Crippen molar-refractivity contribution in [2.45, 2.75) is 0 Å². The van der Waals surface area contributed by atoms with E-state index in [9.17, 15) is 9.59 Å². The molecule has 3 rings (SSSR count). The van der Waals surface area contributed by atoms with E-state index in [-0.39, 0.29) is 11.6 Å². The molecule has 24 heavy (non-hydrogen) atoms. The van der Waals surface area contributed by atoms with Crippen LogP contribution in [0.2, 0.25) is 10.0 Å². The Balaban J connectivity index is 1.91. The number of carbonyl (C=O) groups excluding carboxylic acids is 2. The van der Waals surface area contributed by atoms with E-state index in [0.717, 1.165) is 0 Å².